The van der Waals surface area contributed by atoms with E-state index in [1.165, 1.54) is 20.3 Å². The summed E-state index contributed by atoms with van der Waals surface area (Å²) in [4.78, 5) is 11.8. The summed E-state index contributed by atoms with van der Waals surface area (Å²) in [5, 5.41) is 13.4. The molecule has 7 nitrogen and oxygen atoms in total. The number of hydrogen-bond acceptors (Lipinski definition) is 7. The minimum atomic E-state index is -0.156. The molecule has 0 amide bonds. The van der Waals surface area contributed by atoms with E-state index in [-0.39, 0.29) is 34.4 Å². The minimum absolute atomic E-state index is 0.0631. The predicted octanol–water partition coefficient (Wildman–Crippen LogP) is 2.95. The first kappa shape index (κ1) is 15.4. The maximum Gasteiger partial charge on any atom is 0.324 e. The fourth-order valence-electron chi connectivity index (χ4n) is 1.50. The number of ether oxygens (including phenoxy) is 2. The smallest absolute Gasteiger partial charge is 0.324 e. The van der Waals surface area contributed by atoms with Crippen molar-refractivity contribution < 1.29 is 14.6 Å². The second kappa shape index (κ2) is 6.19. The molecule has 2 rings (SSSR count). The molecule has 0 saturated carbocycles. The van der Waals surface area contributed by atoms with Gasteiger partial charge >= 0.3 is 12.0 Å². The number of aromatic hydroxyl groups is 1. The Hall–Kier alpha value is -1.99. The molecular weight excluding hydrogens is 319 g/mol. The van der Waals surface area contributed by atoms with Crippen molar-refractivity contribution in [3.8, 4) is 17.8 Å². The highest BCUT2D eigenvalue weighted by atomic mass is 35.5. The first-order chi connectivity index (χ1) is 9.96. The standard InChI is InChI=1S/C12H12Cl2N4O3/c1-5-6(13)4-7(9(19)8(5)14)15-10-16-11(20-2)18-12(17-10)21-3/h4,19H,1-3H3,(H,15,16,17,18). The lowest BCUT2D eigenvalue weighted by atomic mass is 10.2. The van der Waals surface area contributed by atoms with E-state index < -0.39 is 0 Å². The van der Waals surface area contributed by atoms with Gasteiger partial charge in [0.15, 0.2) is 5.75 Å². The van der Waals surface area contributed by atoms with Crippen molar-refractivity contribution in [2.75, 3.05) is 19.5 Å². The second-order valence-electron chi connectivity index (χ2n) is 3.95. The lowest BCUT2D eigenvalue weighted by Gasteiger charge is -2.12. The van der Waals surface area contributed by atoms with E-state index in [4.69, 9.17) is 32.7 Å². The minimum Gasteiger partial charge on any atom is -0.504 e. The van der Waals surface area contributed by atoms with Gasteiger partial charge in [0, 0.05) is 5.02 Å². The Balaban J connectivity index is 2.43. The van der Waals surface area contributed by atoms with Crippen molar-refractivity contribution in [3.05, 3.63) is 21.7 Å². The third kappa shape index (κ3) is 3.20. The van der Waals surface area contributed by atoms with Gasteiger partial charge in [-0.3, -0.25) is 0 Å². The molecule has 0 spiro atoms. The van der Waals surface area contributed by atoms with Crippen molar-refractivity contribution >= 4 is 34.8 Å². The number of nitrogens with one attached hydrogen (secondary N) is 1. The van der Waals surface area contributed by atoms with Crippen LogP contribution in [0.15, 0.2) is 6.07 Å². The highest BCUT2D eigenvalue weighted by molar-refractivity contribution is 6.37. The van der Waals surface area contributed by atoms with E-state index in [0.717, 1.165) is 0 Å². The number of benzene rings is 1. The van der Waals surface area contributed by atoms with Gasteiger partial charge in [0.25, 0.3) is 0 Å². The molecule has 0 aliphatic heterocycles. The molecule has 2 aromatic rings. The topological polar surface area (TPSA) is 89.4 Å². The molecule has 112 valence electrons. The van der Waals surface area contributed by atoms with Crippen LogP contribution in [0.5, 0.6) is 17.8 Å². The fourth-order valence-corrected chi connectivity index (χ4v) is 1.95. The van der Waals surface area contributed by atoms with Gasteiger partial charge < -0.3 is 19.9 Å². The Morgan fingerprint density at radius 3 is 2.19 bits per heavy atom. The van der Waals surface area contributed by atoms with Crippen LogP contribution < -0.4 is 14.8 Å². The van der Waals surface area contributed by atoms with E-state index in [2.05, 4.69) is 20.3 Å². The van der Waals surface area contributed by atoms with E-state index in [1.807, 2.05) is 0 Å². The summed E-state index contributed by atoms with van der Waals surface area (Å²) in [6, 6.07) is 1.64. The average molecular weight is 331 g/mol. The Morgan fingerprint density at radius 2 is 1.67 bits per heavy atom. The van der Waals surface area contributed by atoms with Crippen molar-refractivity contribution in [2.45, 2.75) is 6.92 Å². The Kier molecular flexibility index (Phi) is 4.54. The van der Waals surface area contributed by atoms with Crippen LogP contribution in [-0.2, 0) is 0 Å². The lowest BCUT2D eigenvalue weighted by Crippen LogP contribution is -2.04. The number of rotatable bonds is 4. The Labute approximate surface area is 130 Å². The second-order valence-corrected chi connectivity index (χ2v) is 4.74. The highest BCUT2D eigenvalue weighted by Gasteiger charge is 2.15. The van der Waals surface area contributed by atoms with Gasteiger partial charge in [-0.15, -0.1) is 4.98 Å². The van der Waals surface area contributed by atoms with Crippen molar-refractivity contribution in [2.24, 2.45) is 0 Å². The number of methoxy groups -OCH3 is 2. The van der Waals surface area contributed by atoms with Gasteiger partial charge in [0.1, 0.15) is 0 Å². The molecule has 0 aliphatic rings. The zero-order valence-electron chi connectivity index (χ0n) is 11.4. The molecule has 1 aromatic heterocycles. The third-order valence-corrected chi connectivity index (χ3v) is 3.48. The van der Waals surface area contributed by atoms with Gasteiger partial charge in [-0.2, -0.15) is 9.97 Å². The first-order valence-electron chi connectivity index (χ1n) is 5.75. The maximum absolute atomic E-state index is 10.0. The molecule has 1 aromatic carbocycles. The van der Waals surface area contributed by atoms with Gasteiger partial charge in [0.2, 0.25) is 5.95 Å². The first-order valence-corrected chi connectivity index (χ1v) is 6.50. The Bertz CT molecular complexity index is 660. The molecule has 0 unspecified atom stereocenters. The molecule has 0 radical (unpaired) electrons. The molecule has 2 N–H and O–H groups in total. The molecule has 0 bridgehead atoms. The molecule has 0 fully saturated rings. The lowest BCUT2D eigenvalue weighted by molar-refractivity contribution is 0.341. The summed E-state index contributed by atoms with van der Waals surface area (Å²) in [7, 11) is 2.82. The van der Waals surface area contributed by atoms with Crippen LogP contribution in [0.1, 0.15) is 5.56 Å². The number of halogens is 2. The molecule has 0 saturated heterocycles. The van der Waals surface area contributed by atoms with Gasteiger partial charge in [-0.05, 0) is 18.6 Å². The van der Waals surface area contributed by atoms with Gasteiger partial charge in [0.05, 0.1) is 24.9 Å². The maximum atomic E-state index is 10.0. The van der Waals surface area contributed by atoms with Crippen LogP contribution in [0.4, 0.5) is 11.6 Å². The van der Waals surface area contributed by atoms with Crippen LogP contribution in [-0.4, -0.2) is 34.3 Å². The summed E-state index contributed by atoms with van der Waals surface area (Å²) in [5.74, 6) is -0.0399. The third-order valence-electron chi connectivity index (χ3n) is 2.63. The zero-order chi connectivity index (χ0) is 15.6. The SMILES string of the molecule is COc1nc(Nc2cc(Cl)c(C)c(Cl)c2O)nc(OC)n1. The number of phenols is 1. The molecule has 9 heteroatoms. The summed E-state index contributed by atoms with van der Waals surface area (Å²) in [6.45, 7) is 1.70. The quantitative estimate of drug-likeness (QED) is 0.833. The van der Waals surface area contributed by atoms with E-state index in [0.29, 0.717) is 10.6 Å². The van der Waals surface area contributed by atoms with E-state index >= 15 is 0 Å². The summed E-state index contributed by atoms with van der Waals surface area (Å²) >= 11 is 12.0. The number of aromatic nitrogens is 3. The fraction of sp³-hybridized carbons (Fsp3) is 0.250. The van der Waals surface area contributed by atoms with Crippen LogP contribution in [0.2, 0.25) is 10.0 Å². The molecular formula is C12H12Cl2N4O3. The van der Waals surface area contributed by atoms with Crippen molar-refractivity contribution in [3.63, 3.8) is 0 Å². The predicted molar refractivity (Wildman–Crippen MR) is 79.1 cm³/mol. The largest absolute Gasteiger partial charge is 0.504 e. The monoisotopic (exact) mass is 330 g/mol. The van der Waals surface area contributed by atoms with Gasteiger partial charge in [-0.25, -0.2) is 0 Å². The number of nitrogens with zero attached hydrogens (tertiary/aromatic N) is 3. The number of phenolic OH excluding ortho intramolecular Hbond substituents is 1. The van der Waals surface area contributed by atoms with Crippen LogP contribution >= 0.6 is 23.2 Å². The Morgan fingerprint density at radius 1 is 1.10 bits per heavy atom. The highest BCUT2D eigenvalue weighted by Crippen LogP contribution is 2.39. The summed E-state index contributed by atoms with van der Waals surface area (Å²) in [6.07, 6.45) is 0. The number of anilines is 2. The van der Waals surface area contributed by atoms with Crippen molar-refractivity contribution in [1.82, 2.24) is 15.0 Å². The zero-order valence-corrected chi connectivity index (χ0v) is 13.0. The normalized spacial score (nSPS) is 10.3. The number of hydrogen-bond donors (Lipinski definition) is 2. The van der Waals surface area contributed by atoms with E-state index in [1.54, 1.807) is 6.92 Å². The molecule has 1 heterocycles. The summed E-state index contributed by atoms with van der Waals surface area (Å²) < 4.78 is 9.87. The molecule has 0 atom stereocenters. The average Bonchev–Trinajstić information content (AvgIpc) is 2.50. The summed E-state index contributed by atoms with van der Waals surface area (Å²) in [5.41, 5.74) is 0.832. The van der Waals surface area contributed by atoms with Crippen LogP contribution in [0, 0.1) is 6.92 Å². The van der Waals surface area contributed by atoms with Gasteiger partial charge in [-0.1, -0.05) is 23.2 Å². The van der Waals surface area contributed by atoms with Crippen molar-refractivity contribution in [1.29, 1.82) is 0 Å². The molecule has 0 aliphatic carbocycles. The van der Waals surface area contributed by atoms with E-state index in [9.17, 15) is 5.11 Å². The van der Waals surface area contributed by atoms with Crippen LogP contribution in [0.25, 0.3) is 0 Å². The van der Waals surface area contributed by atoms with Crippen LogP contribution in [0.3, 0.4) is 0 Å². The molecule has 21 heavy (non-hydrogen) atoms.